The fraction of sp³-hybridized carbons (Fsp3) is 0.444. The van der Waals surface area contributed by atoms with Crippen LogP contribution in [-0.4, -0.2) is 18.5 Å². The highest BCUT2D eigenvalue weighted by Crippen LogP contribution is 2.43. The molecular formula is C9H6ClF6NO2. The Bertz CT molecular complexity index is 459. The molecule has 19 heavy (non-hydrogen) atoms. The minimum atomic E-state index is -5.32. The molecule has 0 amide bonds. The first-order chi connectivity index (χ1) is 8.58. The zero-order valence-corrected chi connectivity index (χ0v) is 9.95. The number of hydrogen-bond acceptors (Lipinski definition) is 3. The molecule has 1 aromatic heterocycles. The largest absolute Gasteiger partial charge is 0.574 e. The van der Waals surface area contributed by atoms with Crippen LogP contribution < -0.4 is 9.47 Å². The number of methoxy groups -OCH3 is 1. The van der Waals surface area contributed by atoms with Crippen LogP contribution in [0.25, 0.3) is 0 Å². The van der Waals surface area contributed by atoms with E-state index in [4.69, 9.17) is 11.6 Å². The lowest BCUT2D eigenvalue weighted by molar-refractivity contribution is -0.278. The Kier molecular flexibility index (Phi) is 4.39. The van der Waals surface area contributed by atoms with Crippen LogP contribution >= 0.6 is 11.6 Å². The smallest absolute Gasteiger partial charge is 0.496 e. The summed E-state index contributed by atoms with van der Waals surface area (Å²) in [5.74, 6) is -2.89. The predicted molar refractivity (Wildman–Crippen MR) is 52.0 cm³/mol. The zero-order chi connectivity index (χ0) is 14.8. The summed E-state index contributed by atoms with van der Waals surface area (Å²) in [5, 5.41) is 0. The van der Waals surface area contributed by atoms with Gasteiger partial charge in [-0.05, 0) is 0 Å². The molecule has 0 aromatic carbocycles. The van der Waals surface area contributed by atoms with Crippen molar-refractivity contribution >= 4 is 11.6 Å². The van der Waals surface area contributed by atoms with Crippen LogP contribution in [0.15, 0.2) is 6.07 Å². The van der Waals surface area contributed by atoms with E-state index in [9.17, 15) is 26.3 Å². The topological polar surface area (TPSA) is 31.4 Å². The Balaban J connectivity index is 3.47. The van der Waals surface area contributed by atoms with Crippen molar-refractivity contribution in [1.82, 2.24) is 4.98 Å². The summed E-state index contributed by atoms with van der Waals surface area (Å²) in [6.07, 6.45) is -10.4. The molecule has 0 fully saturated rings. The van der Waals surface area contributed by atoms with Gasteiger partial charge in [-0.25, -0.2) is 4.98 Å². The van der Waals surface area contributed by atoms with Crippen LogP contribution in [0.1, 0.15) is 11.3 Å². The van der Waals surface area contributed by atoms with Crippen LogP contribution in [-0.2, 0) is 12.1 Å². The SMILES string of the molecule is COc1cc(CCl)nc(OC(F)(F)F)c1C(F)(F)F. The number of hydrogen-bond donors (Lipinski definition) is 0. The number of alkyl halides is 7. The first-order valence-corrected chi connectivity index (χ1v) is 5.08. The molecule has 0 saturated carbocycles. The number of nitrogens with zero attached hydrogens (tertiary/aromatic N) is 1. The number of aromatic nitrogens is 1. The number of pyridine rings is 1. The van der Waals surface area contributed by atoms with Crippen molar-refractivity contribution in [2.24, 2.45) is 0 Å². The van der Waals surface area contributed by atoms with Gasteiger partial charge < -0.3 is 9.47 Å². The molecule has 0 spiro atoms. The maximum Gasteiger partial charge on any atom is 0.574 e. The van der Waals surface area contributed by atoms with Gasteiger partial charge in [-0.3, -0.25) is 0 Å². The highest BCUT2D eigenvalue weighted by Gasteiger charge is 2.43. The normalized spacial score (nSPS) is 12.4. The van der Waals surface area contributed by atoms with Gasteiger partial charge in [0.1, 0.15) is 5.75 Å². The molecule has 0 aliphatic carbocycles. The van der Waals surface area contributed by atoms with Crippen molar-refractivity contribution in [3.63, 3.8) is 0 Å². The molecule has 0 saturated heterocycles. The first-order valence-electron chi connectivity index (χ1n) is 4.55. The van der Waals surface area contributed by atoms with E-state index >= 15 is 0 Å². The molecule has 1 rings (SSSR count). The molecule has 0 radical (unpaired) electrons. The monoisotopic (exact) mass is 309 g/mol. The average molecular weight is 310 g/mol. The molecule has 0 aliphatic heterocycles. The summed E-state index contributed by atoms with van der Waals surface area (Å²) in [5.41, 5.74) is -1.99. The Morgan fingerprint density at radius 3 is 2.16 bits per heavy atom. The fourth-order valence-corrected chi connectivity index (χ4v) is 1.36. The van der Waals surface area contributed by atoms with Crippen LogP contribution in [0.3, 0.4) is 0 Å². The minimum absolute atomic E-state index is 0.245. The zero-order valence-electron chi connectivity index (χ0n) is 9.19. The number of ether oxygens (including phenoxy) is 2. The lowest BCUT2D eigenvalue weighted by Gasteiger charge is -2.17. The van der Waals surface area contributed by atoms with Gasteiger partial charge in [-0.15, -0.1) is 24.8 Å². The Morgan fingerprint density at radius 1 is 1.21 bits per heavy atom. The van der Waals surface area contributed by atoms with E-state index in [0.29, 0.717) is 0 Å². The third kappa shape index (κ3) is 4.05. The summed E-state index contributed by atoms with van der Waals surface area (Å²) in [4.78, 5) is 3.08. The van der Waals surface area contributed by atoms with Crippen molar-refractivity contribution in [3.05, 3.63) is 17.3 Å². The van der Waals surface area contributed by atoms with Gasteiger partial charge in [0.05, 0.1) is 18.7 Å². The fourth-order valence-electron chi connectivity index (χ4n) is 1.22. The quantitative estimate of drug-likeness (QED) is 0.629. The summed E-state index contributed by atoms with van der Waals surface area (Å²) in [7, 11) is 0.875. The Morgan fingerprint density at radius 2 is 1.79 bits per heavy atom. The van der Waals surface area contributed by atoms with Crippen molar-refractivity contribution in [1.29, 1.82) is 0 Å². The van der Waals surface area contributed by atoms with E-state index < -0.39 is 35.6 Å². The lowest BCUT2D eigenvalue weighted by atomic mass is 10.2. The molecule has 0 atom stereocenters. The van der Waals surface area contributed by atoms with Gasteiger partial charge in [-0.1, -0.05) is 0 Å². The summed E-state index contributed by atoms with van der Waals surface area (Å²) < 4.78 is 82.0. The molecule has 3 nitrogen and oxygen atoms in total. The second kappa shape index (κ2) is 5.32. The van der Waals surface area contributed by atoms with E-state index in [0.717, 1.165) is 13.2 Å². The second-order valence-corrected chi connectivity index (χ2v) is 3.44. The second-order valence-electron chi connectivity index (χ2n) is 3.18. The highest BCUT2D eigenvalue weighted by atomic mass is 35.5. The number of halogens is 7. The molecule has 0 unspecified atom stereocenters. The van der Waals surface area contributed by atoms with Gasteiger partial charge in [-0.2, -0.15) is 13.2 Å². The van der Waals surface area contributed by atoms with E-state index in [-0.39, 0.29) is 5.69 Å². The third-order valence-corrected chi connectivity index (χ3v) is 2.13. The Hall–Kier alpha value is -1.38. The average Bonchev–Trinajstić information content (AvgIpc) is 2.23. The standard InChI is InChI=1S/C9H6ClF6NO2/c1-18-5-2-4(3-10)17-7(19-9(14,15)16)6(5)8(11,12)13/h2H,3H2,1H3. The van der Waals surface area contributed by atoms with Crippen molar-refractivity contribution in [3.8, 4) is 11.6 Å². The van der Waals surface area contributed by atoms with Crippen LogP contribution in [0, 0.1) is 0 Å². The molecule has 1 heterocycles. The summed E-state index contributed by atoms with van der Waals surface area (Å²) in [6, 6.07) is 0.791. The Labute approximate surface area is 108 Å². The third-order valence-electron chi connectivity index (χ3n) is 1.86. The van der Waals surface area contributed by atoms with E-state index in [1.165, 1.54) is 0 Å². The molecule has 0 N–H and O–H groups in total. The van der Waals surface area contributed by atoms with Crippen LogP contribution in [0.4, 0.5) is 26.3 Å². The molecule has 1 aromatic rings. The van der Waals surface area contributed by atoms with Crippen LogP contribution in [0.2, 0.25) is 0 Å². The maximum atomic E-state index is 12.7. The van der Waals surface area contributed by atoms with Gasteiger partial charge in [0.25, 0.3) is 0 Å². The van der Waals surface area contributed by atoms with Crippen molar-refractivity contribution < 1.29 is 35.8 Å². The highest BCUT2D eigenvalue weighted by molar-refractivity contribution is 6.16. The van der Waals surface area contributed by atoms with E-state index in [2.05, 4.69) is 14.5 Å². The van der Waals surface area contributed by atoms with E-state index in [1.807, 2.05) is 0 Å². The molecule has 10 heteroatoms. The van der Waals surface area contributed by atoms with Gasteiger partial charge >= 0.3 is 12.5 Å². The predicted octanol–water partition coefficient (Wildman–Crippen LogP) is 3.75. The number of rotatable bonds is 3. The van der Waals surface area contributed by atoms with Gasteiger partial charge in [0.2, 0.25) is 5.88 Å². The van der Waals surface area contributed by atoms with E-state index in [1.54, 1.807) is 0 Å². The summed E-state index contributed by atoms with van der Waals surface area (Å²) >= 11 is 5.33. The van der Waals surface area contributed by atoms with Crippen molar-refractivity contribution in [2.75, 3.05) is 7.11 Å². The maximum absolute atomic E-state index is 12.7. The van der Waals surface area contributed by atoms with Gasteiger partial charge in [0.15, 0.2) is 5.56 Å². The molecule has 108 valence electrons. The minimum Gasteiger partial charge on any atom is -0.496 e. The van der Waals surface area contributed by atoms with Crippen LogP contribution in [0.5, 0.6) is 11.6 Å². The first kappa shape index (κ1) is 15.7. The molecule has 0 bridgehead atoms. The molecular weight excluding hydrogens is 304 g/mol. The van der Waals surface area contributed by atoms with Gasteiger partial charge in [0, 0.05) is 6.07 Å². The molecule has 0 aliphatic rings. The summed E-state index contributed by atoms with van der Waals surface area (Å²) in [6.45, 7) is 0. The van der Waals surface area contributed by atoms with Crippen molar-refractivity contribution in [2.45, 2.75) is 18.4 Å². The lowest BCUT2D eigenvalue weighted by Crippen LogP contribution is -2.22.